The van der Waals surface area contributed by atoms with Gasteiger partial charge in [0.15, 0.2) is 0 Å². The van der Waals surface area contributed by atoms with Gasteiger partial charge in [-0.15, -0.1) is 0 Å². The summed E-state index contributed by atoms with van der Waals surface area (Å²) in [6, 6.07) is 0. The fourth-order valence-electron chi connectivity index (χ4n) is 2.01. The summed E-state index contributed by atoms with van der Waals surface area (Å²) in [5, 5.41) is 10.4. The molecule has 1 fully saturated rings. The molecule has 1 saturated carbocycles. The molecule has 1 aliphatic rings. The molecule has 0 spiro atoms. The van der Waals surface area contributed by atoms with Crippen LogP contribution in [-0.2, 0) is 10.0 Å². The summed E-state index contributed by atoms with van der Waals surface area (Å²) < 4.78 is 25.6. The Morgan fingerprint density at radius 1 is 1.11 bits per heavy atom. The average molecular weight is 277 g/mol. The van der Waals surface area contributed by atoms with Gasteiger partial charge in [-0.2, -0.15) is 0 Å². The number of hydrogen-bond donors (Lipinski definition) is 2. The summed E-state index contributed by atoms with van der Waals surface area (Å²) in [4.78, 5) is 0. The third-order valence-corrected chi connectivity index (χ3v) is 6.07. The van der Waals surface area contributed by atoms with Crippen LogP contribution in [0.5, 0.6) is 0 Å². The van der Waals surface area contributed by atoms with Crippen LogP contribution in [0.2, 0.25) is 0 Å². The molecule has 2 N–H and O–H groups in total. The van der Waals surface area contributed by atoms with Crippen LogP contribution in [0.15, 0.2) is 0 Å². The third-order valence-electron chi connectivity index (χ3n) is 3.93. The van der Waals surface area contributed by atoms with Crippen molar-refractivity contribution >= 4 is 10.0 Å². The first-order valence-electron chi connectivity index (χ1n) is 6.59. The summed E-state index contributed by atoms with van der Waals surface area (Å²) in [5.41, 5.74) is -0.622. The number of sulfonamides is 1. The Morgan fingerprint density at radius 3 is 1.94 bits per heavy atom. The van der Waals surface area contributed by atoms with Gasteiger partial charge in [0.1, 0.15) is 0 Å². The molecule has 18 heavy (non-hydrogen) atoms. The Morgan fingerprint density at radius 2 is 1.56 bits per heavy atom. The zero-order chi connectivity index (χ0) is 14.2. The molecule has 108 valence electrons. The summed E-state index contributed by atoms with van der Waals surface area (Å²) in [7, 11) is -3.37. The average Bonchev–Trinajstić information content (AvgIpc) is 2.19. The van der Waals surface area contributed by atoms with Crippen LogP contribution < -0.4 is 4.72 Å². The zero-order valence-corrected chi connectivity index (χ0v) is 13.0. The highest BCUT2D eigenvalue weighted by atomic mass is 32.2. The second kappa shape index (κ2) is 4.76. The maximum absolute atomic E-state index is 11.9. The maximum atomic E-state index is 11.9. The predicted octanol–water partition coefficient (Wildman–Crippen LogP) is 2.04. The van der Waals surface area contributed by atoms with Crippen LogP contribution in [0.25, 0.3) is 0 Å². The van der Waals surface area contributed by atoms with E-state index in [0.717, 1.165) is 12.8 Å². The largest absolute Gasteiger partial charge is 0.389 e. The van der Waals surface area contributed by atoms with E-state index in [1.807, 2.05) is 0 Å². The standard InChI is InChI=1S/C13H27NO3S/c1-11(2,3)18(16,17)14-10-13(15)8-6-12(4,5)7-9-13/h14-15H,6-10H2,1-5H3. The molecule has 0 bridgehead atoms. The molecular weight excluding hydrogens is 250 g/mol. The number of nitrogens with one attached hydrogen (secondary N) is 1. The number of hydrogen-bond acceptors (Lipinski definition) is 3. The number of rotatable bonds is 3. The smallest absolute Gasteiger partial charge is 0.216 e. The summed E-state index contributed by atoms with van der Waals surface area (Å²) >= 11 is 0. The van der Waals surface area contributed by atoms with Crippen molar-refractivity contribution in [1.82, 2.24) is 4.72 Å². The first-order valence-corrected chi connectivity index (χ1v) is 8.07. The lowest BCUT2D eigenvalue weighted by molar-refractivity contribution is -0.0206. The monoisotopic (exact) mass is 277 g/mol. The minimum Gasteiger partial charge on any atom is -0.389 e. The maximum Gasteiger partial charge on any atom is 0.216 e. The van der Waals surface area contributed by atoms with Crippen molar-refractivity contribution in [2.24, 2.45) is 5.41 Å². The van der Waals surface area contributed by atoms with Gasteiger partial charge in [-0.25, -0.2) is 13.1 Å². The van der Waals surface area contributed by atoms with Crippen molar-refractivity contribution in [2.75, 3.05) is 6.54 Å². The minimum absolute atomic E-state index is 0.128. The molecule has 1 rings (SSSR count). The van der Waals surface area contributed by atoms with Gasteiger partial charge in [-0.1, -0.05) is 13.8 Å². The van der Waals surface area contributed by atoms with Crippen LogP contribution in [0.4, 0.5) is 0 Å². The zero-order valence-electron chi connectivity index (χ0n) is 12.2. The molecule has 0 amide bonds. The Labute approximate surface area is 111 Å². The van der Waals surface area contributed by atoms with Crippen LogP contribution in [0, 0.1) is 5.41 Å². The Balaban J connectivity index is 2.60. The van der Waals surface area contributed by atoms with Crippen molar-refractivity contribution < 1.29 is 13.5 Å². The van der Waals surface area contributed by atoms with E-state index < -0.39 is 20.4 Å². The van der Waals surface area contributed by atoms with E-state index in [4.69, 9.17) is 0 Å². The van der Waals surface area contributed by atoms with Crippen LogP contribution in [-0.4, -0.2) is 30.4 Å². The van der Waals surface area contributed by atoms with Gasteiger partial charge in [0, 0.05) is 6.54 Å². The van der Waals surface area contributed by atoms with Gasteiger partial charge in [-0.3, -0.25) is 0 Å². The highest BCUT2D eigenvalue weighted by Crippen LogP contribution is 2.39. The molecule has 0 atom stereocenters. The fraction of sp³-hybridized carbons (Fsp3) is 1.00. The van der Waals surface area contributed by atoms with Gasteiger partial charge < -0.3 is 5.11 Å². The highest BCUT2D eigenvalue weighted by Gasteiger charge is 2.38. The van der Waals surface area contributed by atoms with Gasteiger partial charge in [0.05, 0.1) is 10.3 Å². The molecule has 0 radical (unpaired) electrons. The Hall–Kier alpha value is -0.130. The van der Waals surface area contributed by atoms with Gasteiger partial charge >= 0.3 is 0 Å². The molecule has 5 heteroatoms. The lowest BCUT2D eigenvalue weighted by Gasteiger charge is -2.40. The summed E-state index contributed by atoms with van der Waals surface area (Å²) in [6.45, 7) is 9.47. The summed E-state index contributed by atoms with van der Waals surface area (Å²) in [6.07, 6.45) is 3.18. The molecule has 0 saturated heterocycles. The quantitative estimate of drug-likeness (QED) is 0.829. The molecule has 0 heterocycles. The molecule has 0 aromatic heterocycles. The van der Waals surface area contributed by atoms with E-state index in [2.05, 4.69) is 18.6 Å². The van der Waals surface area contributed by atoms with Crippen molar-refractivity contribution in [3.63, 3.8) is 0 Å². The molecular formula is C13H27NO3S. The van der Waals surface area contributed by atoms with Gasteiger partial charge in [0.25, 0.3) is 0 Å². The first kappa shape index (κ1) is 15.9. The molecule has 0 aliphatic heterocycles. The Bertz CT molecular complexity index is 383. The van der Waals surface area contributed by atoms with Crippen molar-refractivity contribution in [3.05, 3.63) is 0 Å². The molecule has 0 aromatic carbocycles. The second-order valence-electron chi connectivity index (χ2n) is 7.33. The highest BCUT2D eigenvalue weighted by molar-refractivity contribution is 7.90. The van der Waals surface area contributed by atoms with E-state index in [1.54, 1.807) is 20.8 Å². The van der Waals surface area contributed by atoms with Crippen LogP contribution in [0.3, 0.4) is 0 Å². The van der Waals surface area contributed by atoms with Gasteiger partial charge in [-0.05, 0) is 51.9 Å². The summed E-state index contributed by atoms with van der Waals surface area (Å²) in [5.74, 6) is 0. The SMILES string of the molecule is CC1(C)CCC(O)(CNS(=O)(=O)C(C)(C)C)CC1. The van der Waals surface area contributed by atoms with Crippen molar-refractivity contribution in [2.45, 2.75) is 70.7 Å². The van der Waals surface area contributed by atoms with Gasteiger partial charge in [0.2, 0.25) is 10.0 Å². The third kappa shape index (κ3) is 3.93. The normalized spacial score (nSPS) is 23.9. The van der Waals surface area contributed by atoms with E-state index >= 15 is 0 Å². The Kier molecular flexibility index (Phi) is 4.21. The lowest BCUT2D eigenvalue weighted by atomic mass is 9.71. The van der Waals surface area contributed by atoms with E-state index in [0.29, 0.717) is 12.8 Å². The molecule has 0 unspecified atom stereocenters. The minimum atomic E-state index is -3.37. The van der Waals surface area contributed by atoms with Crippen LogP contribution >= 0.6 is 0 Å². The predicted molar refractivity (Wildman–Crippen MR) is 73.9 cm³/mol. The molecule has 1 aliphatic carbocycles. The molecule has 0 aromatic rings. The first-order chi connectivity index (χ1) is 7.87. The van der Waals surface area contributed by atoms with Crippen molar-refractivity contribution in [3.8, 4) is 0 Å². The van der Waals surface area contributed by atoms with Crippen molar-refractivity contribution in [1.29, 1.82) is 0 Å². The fourth-order valence-corrected chi connectivity index (χ4v) is 2.91. The van der Waals surface area contributed by atoms with E-state index in [9.17, 15) is 13.5 Å². The topological polar surface area (TPSA) is 66.4 Å². The lowest BCUT2D eigenvalue weighted by Crippen LogP contribution is -2.49. The number of aliphatic hydroxyl groups is 1. The van der Waals surface area contributed by atoms with Crippen LogP contribution in [0.1, 0.15) is 60.3 Å². The van der Waals surface area contributed by atoms with E-state index in [1.165, 1.54) is 0 Å². The molecule has 4 nitrogen and oxygen atoms in total. The van der Waals surface area contributed by atoms with E-state index in [-0.39, 0.29) is 12.0 Å². The second-order valence-corrected chi connectivity index (χ2v) is 9.85.